The van der Waals surface area contributed by atoms with Gasteiger partial charge in [-0.05, 0) is 54.6 Å². The summed E-state index contributed by atoms with van der Waals surface area (Å²) in [5, 5.41) is 10.3. The fourth-order valence-electron chi connectivity index (χ4n) is 2.28. The third kappa shape index (κ3) is 1.48. The largest absolute Gasteiger partial charge is 0.397 e. The number of hydrogen-bond acceptors (Lipinski definition) is 2. The van der Waals surface area contributed by atoms with E-state index in [0.29, 0.717) is 5.69 Å². The van der Waals surface area contributed by atoms with Gasteiger partial charge in [-0.1, -0.05) is 24.3 Å². The third-order valence-electron chi connectivity index (χ3n) is 3.11. The maximum absolute atomic E-state index is 10.3. The first-order valence-corrected chi connectivity index (χ1v) is 6.74. The van der Waals surface area contributed by atoms with Gasteiger partial charge < -0.3 is 10.8 Å². The number of aliphatic hydroxyl groups excluding tert-OH is 1. The van der Waals surface area contributed by atoms with Gasteiger partial charge in [-0.15, -0.1) is 0 Å². The lowest BCUT2D eigenvalue weighted by Crippen LogP contribution is -1.98. The smallest absolute Gasteiger partial charge is 0.106 e. The van der Waals surface area contributed by atoms with Crippen LogP contribution in [-0.2, 0) is 0 Å². The van der Waals surface area contributed by atoms with Crippen molar-refractivity contribution in [1.82, 2.24) is 0 Å². The van der Waals surface area contributed by atoms with Crippen LogP contribution in [0.4, 0.5) is 5.69 Å². The highest BCUT2D eigenvalue weighted by molar-refractivity contribution is 9.11. The molecule has 2 nitrogen and oxygen atoms in total. The number of rotatable bonds is 0. The van der Waals surface area contributed by atoms with Gasteiger partial charge in [0.15, 0.2) is 0 Å². The zero-order chi connectivity index (χ0) is 12.2. The van der Waals surface area contributed by atoms with E-state index in [-0.39, 0.29) is 0 Å². The molecule has 2 aromatic rings. The maximum Gasteiger partial charge on any atom is 0.106 e. The van der Waals surface area contributed by atoms with Crippen molar-refractivity contribution in [2.75, 3.05) is 5.73 Å². The van der Waals surface area contributed by atoms with Crippen molar-refractivity contribution in [1.29, 1.82) is 0 Å². The second-order valence-electron chi connectivity index (χ2n) is 4.04. The normalized spacial score (nSPS) is 16.8. The van der Waals surface area contributed by atoms with Crippen LogP contribution in [0.3, 0.4) is 0 Å². The summed E-state index contributed by atoms with van der Waals surface area (Å²) in [6.07, 6.45) is -0.606. The Bertz CT molecular complexity index is 625. The highest BCUT2D eigenvalue weighted by Gasteiger charge is 2.30. The molecular formula is C13H9Br2NO. The number of aliphatic hydroxyl groups is 1. The summed E-state index contributed by atoms with van der Waals surface area (Å²) in [6, 6.07) is 9.82. The predicted molar refractivity (Wildman–Crippen MR) is 75.8 cm³/mol. The molecule has 17 heavy (non-hydrogen) atoms. The molecule has 0 heterocycles. The maximum atomic E-state index is 10.3. The third-order valence-corrected chi connectivity index (χ3v) is 4.62. The highest BCUT2D eigenvalue weighted by atomic mass is 79.9. The lowest BCUT2D eigenvalue weighted by Gasteiger charge is -2.11. The molecule has 1 aliphatic rings. The van der Waals surface area contributed by atoms with E-state index in [1.807, 2.05) is 30.3 Å². The zero-order valence-corrected chi connectivity index (χ0v) is 11.9. The molecule has 1 unspecified atom stereocenters. The van der Waals surface area contributed by atoms with Gasteiger partial charge in [0, 0.05) is 14.5 Å². The molecule has 0 amide bonds. The second kappa shape index (κ2) is 3.83. The minimum Gasteiger partial charge on any atom is -0.397 e. The van der Waals surface area contributed by atoms with Gasteiger partial charge in [-0.3, -0.25) is 0 Å². The van der Waals surface area contributed by atoms with E-state index in [0.717, 1.165) is 31.2 Å². The first-order valence-electron chi connectivity index (χ1n) is 5.16. The summed E-state index contributed by atoms with van der Waals surface area (Å²) < 4.78 is 1.61. The molecule has 1 atom stereocenters. The van der Waals surface area contributed by atoms with Crippen molar-refractivity contribution in [2.24, 2.45) is 0 Å². The van der Waals surface area contributed by atoms with Gasteiger partial charge in [0.25, 0.3) is 0 Å². The molecule has 0 saturated heterocycles. The summed E-state index contributed by atoms with van der Waals surface area (Å²) in [7, 11) is 0. The first-order chi connectivity index (χ1) is 8.11. The van der Waals surface area contributed by atoms with Crippen molar-refractivity contribution < 1.29 is 5.11 Å². The fourth-order valence-corrected chi connectivity index (χ4v) is 3.61. The molecule has 0 aliphatic heterocycles. The van der Waals surface area contributed by atoms with Gasteiger partial charge in [-0.2, -0.15) is 0 Å². The van der Waals surface area contributed by atoms with Crippen LogP contribution in [-0.4, -0.2) is 5.11 Å². The zero-order valence-electron chi connectivity index (χ0n) is 8.74. The fraction of sp³-hybridized carbons (Fsp3) is 0.0769. The van der Waals surface area contributed by atoms with E-state index in [4.69, 9.17) is 5.73 Å². The SMILES string of the molecule is Nc1c(Br)cc2c(c1Br)C(O)c1ccccc1-2. The Balaban J connectivity index is 2.39. The molecule has 2 aromatic carbocycles. The van der Waals surface area contributed by atoms with E-state index < -0.39 is 6.10 Å². The molecule has 4 heteroatoms. The van der Waals surface area contributed by atoms with Gasteiger partial charge in [-0.25, -0.2) is 0 Å². The summed E-state index contributed by atoms with van der Waals surface area (Å²) in [5.41, 5.74) is 10.4. The van der Waals surface area contributed by atoms with Crippen molar-refractivity contribution in [3.63, 3.8) is 0 Å². The molecule has 1 aliphatic carbocycles. The molecule has 0 spiro atoms. The molecule has 86 valence electrons. The average molecular weight is 355 g/mol. The van der Waals surface area contributed by atoms with E-state index in [1.54, 1.807) is 0 Å². The predicted octanol–water partition coefficient (Wildman–Crippen LogP) is 3.86. The number of hydrogen-bond donors (Lipinski definition) is 2. The average Bonchev–Trinajstić information content (AvgIpc) is 2.61. The number of benzene rings is 2. The summed E-state index contributed by atoms with van der Waals surface area (Å²) in [6.45, 7) is 0. The Labute approximate surface area is 116 Å². The number of halogens is 2. The molecule has 3 rings (SSSR count). The van der Waals surface area contributed by atoms with Crippen LogP contribution in [0.1, 0.15) is 17.2 Å². The molecule has 0 bridgehead atoms. The number of nitrogens with two attached hydrogens (primary N) is 1. The lowest BCUT2D eigenvalue weighted by molar-refractivity contribution is 0.224. The van der Waals surface area contributed by atoms with Crippen LogP contribution < -0.4 is 5.73 Å². The second-order valence-corrected chi connectivity index (χ2v) is 5.68. The van der Waals surface area contributed by atoms with Crippen LogP contribution in [0.25, 0.3) is 11.1 Å². The van der Waals surface area contributed by atoms with Crippen molar-refractivity contribution in [3.05, 3.63) is 50.4 Å². The van der Waals surface area contributed by atoms with Crippen LogP contribution >= 0.6 is 31.9 Å². The Morgan fingerprint density at radius 1 is 1.12 bits per heavy atom. The molecule has 0 saturated carbocycles. The number of nitrogen functional groups attached to an aromatic ring is 1. The van der Waals surface area contributed by atoms with Gasteiger partial charge >= 0.3 is 0 Å². The molecule has 3 N–H and O–H groups in total. The van der Waals surface area contributed by atoms with Crippen LogP contribution in [0.15, 0.2) is 39.3 Å². The number of fused-ring (bicyclic) bond motifs is 3. The van der Waals surface area contributed by atoms with E-state index in [1.165, 1.54) is 0 Å². The van der Waals surface area contributed by atoms with Gasteiger partial charge in [0.2, 0.25) is 0 Å². The first kappa shape index (κ1) is 11.3. The Morgan fingerprint density at radius 2 is 1.82 bits per heavy atom. The van der Waals surface area contributed by atoms with Crippen LogP contribution in [0.2, 0.25) is 0 Å². The Hall–Kier alpha value is -0.840. The van der Waals surface area contributed by atoms with Crippen molar-refractivity contribution >= 4 is 37.5 Å². The monoisotopic (exact) mass is 353 g/mol. The standard InChI is InChI=1S/C13H9Br2NO/c14-9-5-8-6-3-1-2-4-7(6)13(17)10(8)11(15)12(9)16/h1-5,13,17H,16H2. The minimum atomic E-state index is -0.606. The quantitative estimate of drug-likeness (QED) is 0.706. The number of anilines is 1. The molecule has 0 radical (unpaired) electrons. The van der Waals surface area contributed by atoms with E-state index in [2.05, 4.69) is 31.9 Å². The lowest BCUT2D eigenvalue weighted by atomic mass is 10.1. The highest BCUT2D eigenvalue weighted by Crippen LogP contribution is 2.49. The van der Waals surface area contributed by atoms with Crippen molar-refractivity contribution in [2.45, 2.75) is 6.10 Å². The Kier molecular flexibility index (Phi) is 2.54. The molecule has 0 fully saturated rings. The molecular weight excluding hydrogens is 346 g/mol. The summed E-state index contributed by atoms with van der Waals surface area (Å²) in [4.78, 5) is 0. The van der Waals surface area contributed by atoms with Crippen LogP contribution in [0, 0.1) is 0 Å². The minimum absolute atomic E-state index is 0.606. The van der Waals surface area contributed by atoms with Crippen molar-refractivity contribution in [3.8, 4) is 11.1 Å². The van der Waals surface area contributed by atoms with Gasteiger partial charge in [0.05, 0.1) is 5.69 Å². The molecule has 0 aromatic heterocycles. The summed E-state index contributed by atoms with van der Waals surface area (Å²) in [5.74, 6) is 0. The summed E-state index contributed by atoms with van der Waals surface area (Å²) >= 11 is 6.90. The Morgan fingerprint density at radius 3 is 2.59 bits per heavy atom. The van der Waals surface area contributed by atoms with E-state index >= 15 is 0 Å². The van der Waals surface area contributed by atoms with Gasteiger partial charge in [0.1, 0.15) is 6.10 Å². The van der Waals surface area contributed by atoms with Crippen LogP contribution in [0.5, 0.6) is 0 Å². The topological polar surface area (TPSA) is 46.2 Å². The van der Waals surface area contributed by atoms with E-state index in [9.17, 15) is 5.11 Å².